The highest BCUT2D eigenvalue weighted by atomic mass is 16.5. The molecule has 0 radical (unpaired) electrons. The zero-order chi connectivity index (χ0) is 20.8. The summed E-state index contributed by atoms with van der Waals surface area (Å²) in [4.78, 5) is 28.3. The number of hydrogen-bond acceptors (Lipinski definition) is 5. The van der Waals surface area contributed by atoms with Crippen molar-refractivity contribution in [1.29, 1.82) is 0 Å². The van der Waals surface area contributed by atoms with E-state index in [4.69, 9.17) is 4.74 Å². The Labute approximate surface area is 169 Å². The predicted octanol–water partition coefficient (Wildman–Crippen LogP) is 3.13. The van der Waals surface area contributed by atoms with Crippen LogP contribution in [0.2, 0.25) is 0 Å². The standard InChI is InChI=1S/C23H24N2O4/c1-3-5-14-29-18-10-6-16(7-11-18)8-12-19-22(26)25(4-2)21-13-9-17(23(27)28)15-20(21)24-19/h6-13,15H,3-5,14H2,1-2H3,(H,27,28)/p-1/b12-8+. The largest absolute Gasteiger partial charge is 0.545 e. The van der Waals surface area contributed by atoms with Crippen molar-refractivity contribution < 1.29 is 14.6 Å². The van der Waals surface area contributed by atoms with E-state index >= 15 is 0 Å². The van der Waals surface area contributed by atoms with Gasteiger partial charge in [-0.25, -0.2) is 4.98 Å². The Morgan fingerprint density at radius 2 is 1.90 bits per heavy atom. The van der Waals surface area contributed by atoms with Crippen LogP contribution in [0.15, 0.2) is 47.3 Å². The Balaban J connectivity index is 1.91. The van der Waals surface area contributed by atoms with Gasteiger partial charge in [0.05, 0.1) is 23.6 Å². The first-order valence-corrected chi connectivity index (χ1v) is 9.70. The Morgan fingerprint density at radius 1 is 1.14 bits per heavy atom. The third-order valence-electron chi connectivity index (χ3n) is 4.60. The molecule has 0 atom stereocenters. The van der Waals surface area contributed by atoms with Crippen molar-refractivity contribution in [3.8, 4) is 5.75 Å². The number of fused-ring (bicyclic) bond motifs is 1. The van der Waals surface area contributed by atoms with Crippen LogP contribution >= 0.6 is 0 Å². The van der Waals surface area contributed by atoms with E-state index in [0.29, 0.717) is 24.2 Å². The van der Waals surface area contributed by atoms with Crippen molar-refractivity contribution in [3.05, 3.63) is 69.6 Å². The van der Waals surface area contributed by atoms with Gasteiger partial charge in [0, 0.05) is 6.54 Å². The van der Waals surface area contributed by atoms with E-state index in [-0.39, 0.29) is 16.8 Å². The molecule has 0 bridgehead atoms. The molecular formula is C23H23N2O4-. The van der Waals surface area contributed by atoms with E-state index in [1.165, 1.54) is 12.1 Å². The summed E-state index contributed by atoms with van der Waals surface area (Å²) in [5, 5.41) is 11.1. The minimum absolute atomic E-state index is 0.0277. The average Bonchev–Trinajstić information content (AvgIpc) is 2.73. The van der Waals surface area contributed by atoms with Gasteiger partial charge < -0.3 is 19.2 Å². The highest BCUT2D eigenvalue weighted by molar-refractivity contribution is 5.91. The number of carboxylic acids is 1. The summed E-state index contributed by atoms with van der Waals surface area (Å²) in [5.74, 6) is -0.469. The fourth-order valence-corrected chi connectivity index (χ4v) is 3.00. The fourth-order valence-electron chi connectivity index (χ4n) is 3.00. The lowest BCUT2D eigenvalue weighted by Crippen LogP contribution is -2.25. The lowest BCUT2D eigenvalue weighted by molar-refractivity contribution is -0.255. The third kappa shape index (κ3) is 4.71. The van der Waals surface area contributed by atoms with Crippen LogP contribution in [0.4, 0.5) is 0 Å². The molecule has 29 heavy (non-hydrogen) atoms. The van der Waals surface area contributed by atoms with Crippen LogP contribution in [0.5, 0.6) is 5.75 Å². The molecule has 0 N–H and O–H groups in total. The summed E-state index contributed by atoms with van der Waals surface area (Å²) >= 11 is 0. The van der Waals surface area contributed by atoms with Crippen molar-refractivity contribution >= 4 is 29.2 Å². The molecular weight excluding hydrogens is 368 g/mol. The highest BCUT2D eigenvalue weighted by Crippen LogP contribution is 2.16. The Morgan fingerprint density at radius 3 is 2.55 bits per heavy atom. The number of rotatable bonds is 8. The summed E-state index contributed by atoms with van der Waals surface area (Å²) in [6, 6.07) is 12.0. The second kappa shape index (κ2) is 9.19. The lowest BCUT2D eigenvalue weighted by atomic mass is 10.1. The Hall–Kier alpha value is -3.41. The van der Waals surface area contributed by atoms with Gasteiger partial charge in [0.1, 0.15) is 11.4 Å². The zero-order valence-electron chi connectivity index (χ0n) is 16.6. The highest BCUT2D eigenvalue weighted by Gasteiger charge is 2.09. The molecule has 2 aromatic carbocycles. The van der Waals surface area contributed by atoms with Crippen LogP contribution in [0.3, 0.4) is 0 Å². The van der Waals surface area contributed by atoms with Crippen LogP contribution in [-0.2, 0) is 6.54 Å². The second-order valence-electron chi connectivity index (χ2n) is 6.64. The van der Waals surface area contributed by atoms with E-state index in [1.54, 1.807) is 22.8 Å². The van der Waals surface area contributed by atoms with Gasteiger partial charge in [0.25, 0.3) is 5.56 Å². The van der Waals surface area contributed by atoms with Gasteiger partial charge >= 0.3 is 0 Å². The van der Waals surface area contributed by atoms with Gasteiger partial charge in [-0.3, -0.25) is 4.79 Å². The third-order valence-corrected chi connectivity index (χ3v) is 4.60. The van der Waals surface area contributed by atoms with Crippen LogP contribution in [0, 0.1) is 0 Å². The van der Waals surface area contributed by atoms with Crippen LogP contribution in [0.25, 0.3) is 23.2 Å². The number of nitrogens with zero attached hydrogens (tertiary/aromatic N) is 2. The van der Waals surface area contributed by atoms with Gasteiger partial charge in [-0.15, -0.1) is 0 Å². The Kier molecular flexibility index (Phi) is 6.44. The summed E-state index contributed by atoms with van der Waals surface area (Å²) in [6.45, 7) is 5.12. The van der Waals surface area contributed by atoms with E-state index < -0.39 is 5.97 Å². The minimum atomic E-state index is -1.28. The minimum Gasteiger partial charge on any atom is -0.545 e. The number of ether oxygens (including phenoxy) is 1. The maximum atomic E-state index is 12.8. The van der Waals surface area contributed by atoms with Gasteiger partial charge in [0.15, 0.2) is 0 Å². The summed E-state index contributed by atoms with van der Waals surface area (Å²) in [5.41, 5.74) is 1.98. The summed E-state index contributed by atoms with van der Waals surface area (Å²) in [6.07, 6.45) is 5.54. The van der Waals surface area contributed by atoms with Gasteiger partial charge in [0.2, 0.25) is 0 Å². The molecule has 1 aromatic heterocycles. The molecule has 3 aromatic rings. The quantitative estimate of drug-likeness (QED) is 0.551. The molecule has 1 heterocycles. The first-order valence-electron chi connectivity index (χ1n) is 9.70. The van der Waals surface area contributed by atoms with E-state index in [9.17, 15) is 14.7 Å². The molecule has 6 nitrogen and oxygen atoms in total. The molecule has 0 saturated heterocycles. The van der Waals surface area contributed by atoms with Crippen molar-refractivity contribution in [3.63, 3.8) is 0 Å². The first kappa shape index (κ1) is 20.3. The van der Waals surface area contributed by atoms with Gasteiger partial charge in [-0.05, 0) is 54.8 Å². The Bertz CT molecular complexity index is 1100. The van der Waals surface area contributed by atoms with Crippen LogP contribution in [-0.4, -0.2) is 22.1 Å². The summed E-state index contributed by atoms with van der Waals surface area (Å²) < 4.78 is 7.22. The number of carbonyl (C=O) groups excluding carboxylic acids is 1. The molecule has 150 valence electrons. The lowest BCUT2D eigenvalue weighted by Gasteiger charge is -2.10. The molecule has 0 aliphatic heterocycles. The molecule has 0 aliphatic carbocycles. The van der Waals surface area contributed by atoms with Crippen molar-refractivity contribution in [1.82, 2.24) is 9.55 Å². The van der Waals surface area contributed by atoms with Crippen LogP contribution in [0.1, 0.15) is 48.3 Å². The predicted molar refractivity (Wildman–Crippen MR) is 112 cm³/mol. The number of carboxylic acid groups (broad SMARTS) is 1. The maximum absolute atomic E-state index is 12.8. The average molecular weight is 391 g/mol. The first-order chi connectivity index (χ1) is 14.0. The molecule has 0 amide bonds. The molecule has 3 rings (SSSR count). The summed E-state index contributed by atoms with van der Waals surface area (Å²) in [7, 11) is 0. The fraction of sp³-hybridized carbons (Fsp3) is 0.261. The number of aromatic nitrogens is 2. The molecule has 0 spiro atoms. The van der Waals surface area contributed by atoms with Gasteiger partial charge in [-0.1, -0.05) is 37.6 Å². The van der Waals surface area contributed by atoms with Crippen molar-refractivity contribution in [2.75, 3.05) is 6.61 Å². The van der Waals surface area contributed by atoms with E-state index in [1.807, 2.05) is 31.2 Å². The molecule has 0 saturated carbocycles. The number of unbranched alkanes of at least 4 members (excludes halogenated alkanes) is 1. The number of aromatic carboxylic acids is 1. The zero-order valence-corrected chi connectivity index (χ0v) is 16.6. The molecule has 6 heteroatoms. The van der Waals surface area contributed by atoms with Crippen molar-refractivity contribution in [2.24, 2.45) is 0 Å². The van der Waals surface area contributed by atoms with E-state index in [0.717, 1.165) is 24.2 Å². The molecule has 0 unspecified atom stereocenters. The second-order valence-corrected chi connectivity index (χ2v) is 6.64. The van der Waals surface area contributed by atoms with Gasteiger partial charge in [-0.2, -0.15) is 0 Å². The normalized spacial score (nSPS) is 11.2. The SMILES string of the molecule is CCCCOc1ccc(/C=C/c2nc3cc(C(=O)[O-])ccc3n(CC)c2=O)cc1. The monoisotopic (exact) mass is 391 g/mol. The maximum Gasteiger partial charge on any atom is 0.276 e. The number of carbonyl (C=O) groups is 1. The molecule has 0 aliphatic rings. The van der Waals surface area contributed by atoms with Crippen LogP contribution < -0.4 is 15.4 Å². The smallest absolute Gasteiger partial charge is 0.276 e. The van der Waals surface area contributed by atoms with Crippen molar-refractivity contribution in [2.45, 2.75) is 33.2 Å². The number of aryl methyl sites for hydroxylation is 1. The number of benzene rings is 2. The van der Waals surface area contributed by atoms with E-state index in [2.05, 4.69) is 11.9 Å². The number of hydrogen-bond donors (Lipinski definition) is 0. The molecule has 0 fully saturated rings. The topological polar surface area (TPSA) is 84.2 Å².